The van der Waals surface area contributed by atoms with Crippen LogP contribution in [0.25, 0.3) is 5.95 Å². The zero-order valence-corrected chi connectivity index (χ0v) is 14.0. The van der Waals surface area contributed by atoms with E-state index < -0.39 is 18.3 Å². The fraction of sp³-hybridized carbons (Fsp3) is 0.500. The lowest BCUT2D eigenvalue weighted by Gasteiger charge is -2.32. The molecule has 3 rings (SSSR count). The molecule has 0 atom stereocenters. The highest BCUT2D eigenvalue weighted by Gasteiger charge is 2.52. The maximum absolute atomic E-state index is 6.31. The first kappa shape index (κ1) is 15.5. The highest BCUT2D eigenvalue weighted by atomic mass is 35.5. The van der Waals surface area contributed by atoms with Crippen molar-refractivity contribution in [3.05, 3.63) is 29.6 Å². The molecule has 116 valence electrons. The molecule has 1 aliphatic rings. The number of rotatable bonds is 2. The van der Waals surface area contributed by atoms with Gasteiger partial charge in [0, 0.05) is 17.9 Å². The molecule has 0 amide bonds. The maximum atomic E-state index is 6.31. The Labute approximate surface area is 135 Å². The monoisotopic (exact) mass is 320 g/mol. The minimum atomic E-state index is -0.573. The summed E-state index contributed by atoms with van der Waals surface area (Å²) >= 11 is 6.31. The summed E-state index contributed by atoms with van der Waals surface area (Å²) < 4.78 is 13.7. The molecule has 6 nitrogen and oxygen atoms in total. The van der Waals surface area contributed by atoms with E-state index in [0.717, 1.165) is 5.69 Å². The van der Waals surface area contributed by atoms with Crippen molar-refractivity contribution in [3.63, 3.8) is 0 Å². The van der Waals surface area contributed by atoms with Crippen molar-refractivity contribution in [2.24, 2.45) is 0 Å². The molecule has 2 aromatic heterocycles. The smallest absolute Gasteiger partial charge is 0.399 e. The molecule has 0 radical (unpaired) electrons. The molecule has 0 N–H and O–H groups in total. The van der Waals surface area contributed by atoms with E-state index in [1.165, 1.54) is 0 Å². The third kappa shape index (κ3) is 2.53. The number of halogens is 1. The third-order valence-electron chi connectivity index (χ3n) is 4.21. The van der Waals surface area contributed by atoms with Gasteiger partial charge >= 0.3 is 7.12 Å². The van der Waals surface area contributed by atoms with Gasteiger partial charge in [0.25, 0.3) is 0 Å². The fourth-order valence-electron chi connectivity index (χ4n) is 2.14. The summed E-state index contributed by atoms with van der Waals surface area (Å²) in [6, 6.07) is 0. The van der Waals surface area contributed by atoms with Crippen LogP contribution in [0, 0.1) is 6.92 Å². The van der Waals surface area contributed by atoms with Gasteiger partial charge in [0.15, 0.2) is 0 Å². The van der Waals surface area contributed by atoms with Crippen LogP contribution in [0.15, 0.2) is 18.7 Å². The van der Waals surface area contributed by atoms with E-state index in [1.807, 2.05) is 40.8 Å². The van der Waals surface area contributed by atoms with Crippen LogP contribution in [0.5, 0.6) is 0 Å². The summed E-state index contributed by atoms with van der Waals surface area (Å²) in [6.45, 7) is 9.86. The quantitative estimate of drug-likeness (QED) is 0.625. The Morgan fingerprint density at radius 3 is 2.27 bits per heavy atom. The Kier molecular flexibility index (Phi) is 3.54. The molecule has 1 aliphatic heterocycles. The van der Waals surface area contributed by atoms with Gasteiger partial charge in [0.2, 0.25) is 5.95 Å². The molecule has 0 bridgehead atoms. The van der Waals surface area contributed by atoms with E-state index in [9.17, 15) is 0 Å². The summed E-state index contributed by atoms with van der Waals surface area (Å²) in [5.74, 6) is 0.464. The van der Waals surface area contributed by atoms with E-state index >= 15 is 0 Å². The molecule has 22 heavy (non-hydrogen) atoms. The van der Waals surface area contributed by atoms with Gasteiger partial charge < -0.3 is 9.31 Å². The molecule has 8 heteroatoms. The molecule has 2 aromatic rings. The molecule has 0 unspecified atom stereocenters. The SMILES string of the molecule is Cc1cn(-c2ncc(B3OC(C)(C)C(C)(C)O3)c(Cl)n2)cn1. The van der Waals surface area contributed by atoms with Gasteiger partial charge in [-0.05, 0) is 34.6 Å². The number of aryl methyl sites for hydroxylation is 1. The van der Waals surface area contributed by atoms with Gasteiger partial charge in [-0.15, -0.1) is 0 Å². The molecule has 0 spiro atoms. The van der Waals surface area contributed by atoms with Crippen molar-refractivity contribution in [2.75, 3.05) is 0 Å². The Hall–Kier alpha value is -1.44. The second kappa shape index (κ2) is 5.04. The van der Waals surface area contributed by atoms with Gasteiger partial charge in [-0.2, -0.15) is 0 Å². The van der Waals surface area contributed by atoms with Crippen LogP contribution < -0.4 is 5.46 Å². The number of aromatic nitrogens is 4. The summed E-state index contributed by atoms with van der Waals surface area (Å²) in [7, 11) is -0.573. The van der Waals surface area contributed by atoms with Gasteiger partial charge in [-0.25, -0.2) is 15.0 Å². The maximum Gasteiger partial charge on any atom is 0.499 e. The minimum absolute atomic E-state index is 0.315. The van der Waals surface area contributed by atoms with Crippen LogP contribution in [0.2, 0.25) is 5.15 Å². The first-order valence-corrected chi connectivity index (χ1v) is 7.46. The van der Waals surface area contributed by atoms with Crippen molar-refractivity contribution in [2.45, 2.75) is 45.8 Å². The van der Waals surface area contributed by atoms with Crippen molar-refractivity contribution in [1.82, 2.24) is 19.5 Å². The predicted octanol–water partition coefficient (Wildman–Crippen LogP) is 1.92. The second-order valence-corrected chi connectivity index (χ2v) is 6.78. The van der Waals surface area contributed by atoms with Crippen molar-refractivity contribution in [3.8, 4) is 5.95 Å². The molecule has 1 fully saturated rings. The molecule has 0 saturated carbocycles. The average Bonchev–Trinajstić information content (AvgIpc) is 2.91. The van der Waals surface area contributed by atoms with Gasteiger partial charge in [0.1, 0.15) is 11.5 Å². The predicted molar refractivity (Wildman–Crippen MR) is 84.6 cm³/mol. The lowest BCUT2D eigenvalue weighted by molar-refractivity contribution is 0.00578. The summed E-state index contributed by atoms with van der Waals surface area (Å²) in [6.07, 6.45) is 5.12. The lowest BCUT2D eigenvalue weighted by atomic mass is 9.81. The standard InChI is InChI=1S/C14H18BClN4O2/c1-9-7-20(8-18-9)12-17-6-10(11(16)19-12)15-21-13(2,3)14(4,5)22-15/h6-8H,1-5H3. The van der Waals surface area contributed by atoms with E-state index in [-0.39, 0.29) is 0 Å². The number of nitrogens with zero attached hydrogens (tertiary/aromatic N) is 4. The van der Waals surface area contributed by atoms with Crippen LogP contribution in [0.4, 0.5) is 0 Å². The third-order valence-corrected chi connectivity index (χ3v) is 4.51. The summed E-state index contributed by atoms with van der Waals surface area (Å²) in [5, 5.41) is 0.315. The molecule has 0 aliphatic carbocycles. The number of hydrogen-bond donors (Lipinski definition) is 0. The molecular weight excluding hydrogens is 302 g/mol. The van der Waals surface area contributed by atoms with Crippen LogP contribution >= 0.6 is 11.6 Å². The van der Waals surface area contributed by atoms with Crippen LogP contribution in [-0.2, 0) is 9.31 Å². The van der Waals surface area contributed by atoms with E-state index in [4.69, 9.17) is 20.9 Å². The second-order valence-electron chi connectivity index (χ2n) is 6.43. The van der Waals surface area contributed by atoms with E-state index in [1.54, 1.807) is 17.1 Å². The zero-order valence-electron chi connectivity index (χ0n) is 13.3. The normalized spacial score (nSPS) is 19.6. The first-order chi connectivity index (χ1) is 10.2. The highest BCUT2D eigenvalue weighted by molar-refractivity contribution is 6.65. The summed E-state index contributed by atoms with van der Waals surface area (Å²) in [5.41, 5.74) is 0.651. The molecule has 1 saturated heterocycles. The Bertz CT molecular complexity index is 701. The fourth-order valence-corrected chi connectivity index (χ4v) is 2.36. The number of hydrogen-bond acceptors (Lipinski definition) is 5. The van der Waals surface area contributed by atoms with E-state index in [0.29, 0.717) is 16.6 Å². The molecule has 3 heterocycles. The van der Waals surface area contributed by atoms with Crippen molar-refractivity contribution >= 4 is 24.2 Å². The van der Waals surface area contributed by atoms with Crippen LogP contribution in [0.3, 0.4) is 0 Å². The lowest BCUT2D eigenvalue weighted by Crippen LogP contribution is -2.41. The topological polar surface area (TPSA) is 62.1 Å². The van der Waals surface area contributed by atoms with Crippen LogP contribution in [0.1, 0.15) is 33.4 Å². The van der Waals surface area contributed by atoms with Crippen molar-refractivity contribution < 1.29 is 9.31 Å². The molecular formula is C14H18BClN4O2. The minimum Gasteiger partial charge on any atom is -0.399 e. The van der Waals surface area contributed by atoms with Crippen LogP contribution in [-0.4, -0.2) is 37.8 Å². The van der Waals surface area contributed by atoms with E-state index in [2.05, 4.69) is 15.0 Å². The summed E-state index contributed by atoms with van der Waals surface area (Å²) in [4.78, 5) is 12.8. The first-order valence-electron chi connectivity index (χ1n) is 7.09. The van der Waals surface area contributed by atoms with Gasteiger partial charge in [-0.1, -0.05) is 11.6 Å². The van der Waals surface area contributed by atoms with Gasteiger partial charge in [0.05, 0.1) is 16.9 Å². The molecule has 0 aromatic carbocycles. The Morgan fingerprint density at radius 1 is 1.14 bits per heavy atom. The van der Waals surface area contributed by atoms with Gasteiger partial charge in [-0.3, -0.25) is 4.57 Å². The number of imidazole rings is 1. The van der Waals surface area contributed by atoms with Crippen molar-refractivity contribution in [1.29, 1.82) is 0 Å². The highest BCUT2D eigenvalue weighted by Crippen LogP contribution is 2.36. The Morgan fingerprint density at radius 2 is 1.77 bits per heavy atom. The average molecular weight is 321 g/mol. The zero-order chi connectivity index (χ0) is 16.1. The Balaban J connectivity index is 1.91. The largest absolute Gasteiger partial charge is 0.499 e.